The zero-order valence-corrected chi connectivity index (χ0v) is 10.0. The van der Waals surface area contributed by atoms with E-state index in [-0.39, 0.29) is 19.4 Å². The van der Waals surface area contributed by atoms with Gasteiger partial charge in [-0.1, -0.05) is 0 Å². The molecule has 0 aromatic carbocycles. The molecule has 1 atom stereocenters. The molecule has 0 heterocycles. The molecule has 0 spiro atoms. The van der Waals surface area contributed by atoms with Crippen molar-refractivity contribution in [2.75, 3.05) is 20.3 Å². The van der Waals surface area contributed by atoms with Gasteiger partial charge >= 0.3 is 6.36 Å². The van der Waals surface area contributed by atoms with Gasteiger partial charge in [0.15, 0.2) is 0 Å². The van der Waals surface area contributed by atoms with E-state index < -0.39 is 27.3 Å². The lowest BCUT2D eigenvalue weighted by atomic mass is 10.2. The van der Waals surface area contributed by atoms with E-state index in [1.165, 1.54) is 7.11 Å². The van der Waals surface area contributed by atoms with Crippen molar-refractivity contribution in [3.63, 3.8) is 0 Å². The predicted molar refractivity (Wildman–Crippen MR) is 51.7 cm³/mol. The molecule has 0 amide bonds. The highest BCUT2D eigenvalue weighted by atomic mass is 35.7. The molecule has 1 unspecified atom stereocenters. The van der Waals surface area contributed by atoms with Crippen LogP contribution in [0.2, 0.25) is 0 Å². The summed E-state index contributed by atoms with van der Waals surface area (Å²) in [4.78, 5) is 0. The maximum absolute atomic E-state index is 11.6. The Kier molecular flexibility index (Phi) is 6.61. The first-order valence-electron chi connectivity index (χ1n) is 4.30. The van der Waals surface area contributed by atoms with Gasteiger partial charge in [0.05, 0.1) is 11.9 Å². The summed E-state index contributed by atoms with van der Waals surface area (Å²) in [6.07, 6.45) is -5.06. The largest absolute Gasteiger partial charge is 0.522 e. The van der Waals surface area contributed by atoms with E-state index >= 15 is 0 Å². The maximum Gasteiger partial charge on any atom is 0.522 e. The Labute approximate surface area is 96.1 Å². The van der Waals surface area contributed by atoms with Crippen LogP contribution < -0.4 is 0 Å². The van der Waals surface area contributed by atoms with E-state index in [9.17, 15) is 21.6 Å². The minimum atomic E-state index is -4.76. The first-order chi connectivity index (χ1) is 7.17. The number of hydrogen-bond donors (Lipinski definition) is 0. The Morgan fingerprint density at radius 1 is 1.25 bits per heavy atom. The minimum Gasteiger partial charge on any atom is -0.385 e. The van der Waals surface area contributed by atoms with Crippen molar-refractivity contribution in [2.24, 2.45) is 0 Å². The summed E-state index contributed by atoms with van der Waals surface area (Å²) < 4.78 is 64.9. The van der Waals surface area contributed by atoms with Gasteiger partial charge in [-0.15, -0.1) is 13.2 Å². The zero-order valence-electron chi connectivity index (χ0n) is 8.46. The predicted octanol–water partition coefficient (Wildman–Crippen LogP) is 1.89. The lowest BCUT2D eigenvalue weighted by Crippen LogP contribution is -2.23. The van der Waals surface area contributed by atoms with Crippen LogP contribution in [-0.4, -0.2) is 40.4 Å². The van der Waals surface area contributed by atoms with E-state index in [4.69, 9.17) is 10.7 Å². The van der Waals surface area contributed by atoms with Gasteiger partial charge in [0.2, 0.25) is 9.05 Å². The molecule has 0 radical (unpaired) electrons. The summed E-state index contributed by atoms with van der Waals surface area (Å²) in [7, 11) is 2.51. The summed E-state index contributed by atoms with van der Waals surface area (Å²) in [5.41, 5.74) is 0. The molecule has 16 heavy (non-hydrogen) atoms. The topological polar surface area (TPSA) is 52.6 Å². The fourth-order valence-electron chi connectivity index (χ4n) is 0.981. The molecule has 0 saturated heterocycles. The van der Waals surface area contributed by atoms with Crippen molar-refractivity contribution in [2.45, 2.75) is 24.5 Å². The van der Waals surface area contributed by atoms with Gasteiger partial charge < -0.3 is 4.74 Å². The van der Waals surface area contributed by atoms with Crippen LogP contribution in [0.1, 0.15) is 12.8 Å². The molecule has 4 nitrogen and oxygen atoms in total. The van der Waals surface area contributed by atoms with Gasteiger partial charge in [0, 0.05) is 24.4 Å². The molecule has 98 valence electrons. The van der Waals surface area contributed by atoms with Crippen molar-refractivity contribution < 1.29 is 31.1 Å². The number of rotatable bonds is 7. The van der Waals surface area contributed by atoms with Gasteiger partial charge in [0.25, 0.3) is 0 Å². The molecular weight excluding hydrogens is 273 g/mol. The number of methoxy groups -OCH3 is 1. The van der Waals surface area contributed by atoms with Gasteiger partial charge in [-0.2, -0.15) is 0 Å². The van der Waals surface area contributed by atoms with Crippen LogP contribution >= 0.6 is 10.7 Å². The number of ether oxygens (including phenoxy) is 2. The molecule has 0 bridgehead atoms. The highest BCUT2D eigenvalue weighted by Gasteiger charge is 2.30. The zero-order chi connectivity index (χ0) is 12.8. The fraction of sp³-hybridized carbons (Fsp3) is 1.00. The maximum atomic E-state index is 11.6. The molecule has 0 aliphatic heterocycles. The highest BCUT2D eigenvalue weighted by Crippen LogP contribution is 2.20. The Balaban J connectivity index is 4.14. The average Bonchev–Trinajstić information content (AvgIpc) is 2.06. The lowest BCUT2D eigenvalue weighted by Gasteiger charge is -2.13. The Bertz CT molecular complexity index is 290. The smallest absolute Gasteiger partial charge is 0.385 e. The van der Waals surface area contributed by atoms with Gasteiger partial charge in [0.1, 0.15) is 0 Å². The Morgan fingerprint density at radius 3 is 2.12 bits per heavy atom. The van der Waals surface area contributed by atoms with Crippen LogP contribution in [0.5, 0.6) is 0 Å². The van der Waals surface area contributed by atoms with Crippen molar-refractivity contribution in [1.29, 1.82) is 0 Å². The number of halogens is 4. The second-order valence-electron chi connectivity index (χ2n) is 2.96. The molecule has 0 N–H and O–H groups in total. The van der Waals surface area contributed by atoms with Crippen molar-refractivity contribution in [3.05, 3.63) is 0 Å². The number of hydrogen-bond acceptors (Lipinski definition) is 4. The van der Waals surface area contributed by atoms with Crippen molar-refractivity contribution >= 4 is 19.7 Å². The van der Waals surface area contributed by atoms with Crippen molar-refractivity contribution in [3.8, 4) is 0 Å². The van der Waals surface area contributed by atoms with Crippen LogP contribution in [0.25, 0.3) is 0 Å². The number of alkyl halides is 3. The van der Waals surface area contributed by atoms with E-state index in [1.54, 1.807) is 0 Å². The van der Waals surface area contributed by atoms with Crippen LogP contribution in [0.15, 0.2) is 0 Å². The van der Waals surface area contributed by atoms with Gasteiger partial charge in [-0.25, -0.2) is 8.42 Å². The van der Waals surface area contributed by atoms with E-state index in [2.05, 4.69) is 9.47 Å². The Hall–Kier alpha value is -0.0500. The third kappa shape index (κ3) is 8.14. The molecule has 0 aliphatic carbocycles. The van der Waals surface area contributed by atoms with E-state index in [0.717, 1.165) is 0 Å². The molecule has 0 aromatic rings. The van der Waals surface area contributed by atoms with E-state index in [0.29, 0.717) is 0 Å². The third-order valence-electron chi connectivity index (χ3n) is 1.75. The fourth-order valence-corrected chi connectivity index (χ4v) is 2.27. The third-order valence-corrected chi connectivity index (χ3v) is 3.77. The summed E-state index contributed by atoms with van der Waals surface area (Å²) in [5.74, 6) is 0. The highest BCUT2D eigenvalue weighted by molar-refractivity contribution is 8.14. The molecular formula is C7H12ClF3O4S. The lowest BCUT2D eigenvalue weighted by molar-refractivity contribution is -0.324. The second-order valence-corrected chi connectivity index (χ2v) is 5.87. The first-order valence-corrected chi connectivity index (χ1v) is 6.67. The molecule has 9 heteroatoms. The average molecular weight is 285 g/mol. The summed E-state index contributed by atoms with van der Waals surface area (Å²) in [6.45, 7) is -0.646. The quantitative estimate of drug-likeness (QED) is 0.670. The summed E-state index contributed by atoms with van der Waals surface area (Å²) in [6, 6.07) is 0. The first kappa shape index (κ1) is 16.0. The molecule has 0 fully saturated rings. The normalized spacial score (nSPS) is 15.1. The molecule has 0 aromatic heterocycles. The van der Waals surface area contributed by atoms with Crippen LogP contribution in [0.4, 0.5) is 13.2 Å². The summed E-state index contributed by atoms with van der Waals surface area (Å²) in [5, 5.41) is -1.10. The SMILES string of the molecule is COCCC(CCOC(F)(F)F)S(=O)(=O)Cl. The molecule has 0 saturated carbocycles. The Morgan fingerprint density at radius 2 is 1.75 bits per heavy atom. The monoisotopic (exact) mass is 284 g/mol. The second kappa shape index (κ2) is 6.63. The summed E-state index contributed by atoms with van der Waals surface area (Å²) >= 11 is 0. The van der Waals surface area contributed by atoms with Gasteiger partial charge in [-0.05, 0) is 12.8 Å². The molecule has 0 rings (SSSR count). The van der Waals surface area contributed by atoms with E-state index in [1.807, 2.05) is 0 Å². The minimum absolute atomic E-state index is 0.0313. The van der Waals surface area contributed by atoms with Crippen LogP contribution in [0.3, 0.4) is 0 Å². The van der Waals surface area contributed by atoms with Crippen LogP contribution in [-0.2, 0) is 18.5 Å². The molecule has 0 aliphatic rings. The van der Waals surface area contributed by atoms with Gasteiger partial charge in [-0.3, -0.25) is 4.74 Å². The van der Waals surface area contributed by atoms with Crippen molar-refractivity contribution in [1.82, 2.24) is 0 Å². The van der Waals surface area contributed by atoms with Crippen LogP contribution in [0, 0.1) is 0 Å². The standard InChI is InChI=1S/C7H12ClF3O4S/c1-14-4-2-6(16(8,12)13)3-5-15-7(9,10)11/h6H,2-5H2,1H3.